The van der Waals surface area contributed by atoms with Gasteiger partial charge in [0.1, 0.15) is 0 Å². The van der Waals surface area contributed by atoms with E-state index in [1.807, 2.05) is 0 Å². The average molecular weight is 311 g/mol. The Morgan fingerprint density at radius 3 is 2.61 bits per heavy atom. The topological polar surface area (TPSA) is 24.1 Å². The van der Waals surface area contributed by atoms with E-state index in [0.717, 1.165) is 11.0 Å². The zero-order chi connectivity index (χ0) is 13.0. The predicted octanol–water partition coefficient (Wildman–Crippen LogP) is 3.42. The summed E-state index contributed by atoms with van der Waals surface area (Å²) in [4.78, 5) is 0. The van der Waals surface area contributed by atoms with Crippen molar-refractivity contribution < 1.29 is 0 Å². The molecule has 100 valence electrons. The smallest absolute Gasteiger partial charge is 0.0378 e. The van der Waals surface area contributed by atoms with Crippen molar-refractivity contribution in [1.82, 2.24) is 10.6 Å². The SMILES string of the molecule is CC(C)(NCC1CCCCN1)c1ccc(Br)cc1. The summed E-state index contributed by atoms with van der Waals surface area (Å²) in [7, 11) is 0. The van der Waals surface area contributed by atoms with Crippen molar-refractivity contribution in [2.24, 2.45) is 0 Å². The van der Waals surface area contributed by atoms with Gasteiger partial charge in [-0.05, 0) is 50.9 Å². The van der Waals surface area contributed by atoms with Crippen molar-refractivity contribution in [3.05, 3.63) is 34.3 Å². The molecule has 1 aliphatic heterocycles. The summed E-state index contributed by atoms with van der Waals surface area (Å²) >= 11 is 3.48. The first kappa shape index (κ1) is 14.0. The second-order valence-corrected chi connectivity index (χ2v) is 6.58. The highest BCUT2D eigenvalue weighted by Crippen LogP contribution is 2.22. The van der Waals surface area contributed by atoms with Crippen LogP contribution in [0.2, 0.25) is 0 Å². The normalized spacial score (nSPS) is 20.9. The standard InChI is InChI=1S/C15H23BrN2/c1-15(2,12-6-8-13(16)9-7-12)18-11-14-5-3-4-10-17-14/h6-9,14,17-18H,3-5,10-11H2,1-2H3. The van der Waals surface area contributed by atoms with Crippen LogP contribution >= 0.6 is 15.9 Å². The van der Waals surface area contributed by atoms with Gasteiger partial charge in [0.15, 0.2) is 0 Å². The Bertz CT molecular complexity index is 367. The summed E-state index contributed by atoms with van der Waals surface area (Å²) in [5, 5.41) is 7.27. The van der Waals surface area contributed by atoms with Gasteiger partial charge in [-0.3, -0.25) is 0 Å². The summed E-state index contributed by atoms with van der Waals surface area (Å²) in [6.45, 7) is 6.71. The molecule has 1 saturated heterocycles. The Morgan fingerprint density at radius 2 is 2.00 bits per heavy atom. The fourth-order valence-electron chi connectivity index (χ4n) is 2.45. The van der Waals surface area contributed by atoms with Crippen molar-refractivity contribution in [1.29, 1.82) is 0 Å². The Labute approximate surface area is 119 Å². The molecule has 0 saturated carbocycles. The van der Waals surface area contributed by atoms with Crippen LogP contribution in [0.4, 0.5) is 0 Å². The number of halogens is 1. The van der Waals surface area contributed by atoms with E-state index < -0.39 is 0 Å². The molecule has 2 N–H and O–H groups in total. The first-order valence-corrected chi connectivity index (χ1v) is 7.62. The van der Waals surface area contributed by atoms with Crippen LogP contribution in [-0.4, -0.2) is 19.1 Å². The van der Waals surface area contributed by atoms with Crippen LogP contribution in [-0.2, 0) is 5.54 Å². The number of benzene rings is 1. The molecule has 1 atom stereocenters. The van der Waals surface area contributed by atoms with Gasteiger partial charge in [0.2, 0.25) is 0 Å². The van der Waals surface area contributed by atoms with E-state index in [2.05, 4.69) is 64.7 Å². The minimum atomic E-state index is 0.0276. The van der Waals surface area contributed by atoms with Crippen molar-refractivity contribution in [3.8, 4) is 0 Å². The third-order valence-corrected chi connectivity index (χ3v) is 4.30. The van der Waals surface area contributed by atoms with E-state index in [-0.39, 0.29) is 5.54 Å². The molecule has 2 nitrogen and oxygen atoms in total. The van der Waals surface area contributed by atoms with Crippen molar-refractivity contribution in [3.63, 3.8) is 0 Å². The molecule has 0 radical (unpaired) electrons. The van der Waals surface area contributed by atoms with Crippen LogP contribution in [0.25, 0.3) is 0 Å². The van der Waals surface area contributed by atoms with Crippen LogP contribution in [0.1, 0.15) is 38.7 Å². The highest BCUT2D eigenvalue weighted by molar-refractivity contribution is 9.10. The van der Waals surface area contributed by atoms with E-state index in [1.165, 1.54) is 31.4 Å². The molecule has 3 heteroatoms. The molecule has 1 aromatic rings. The second-order valence-electron chi connectivity index (χ2n) is 5.66. The van der Waals surface area contributed by atoms with Crippen molar-refractivity contribution >= 4 is 15.9 Å². The Morgan fingerprint density at radius 1 is 1.28 bits per heavy atom. The van der Waals surface area contributed by atoms with E-state index >= 15 is 0 Å². The van der Waals surface area contributed by atoms with Crippen LogP contribution < -0.4 is 10.6 Å². The minimum absolute atomic E-state index is 0.0276. The van der Waals surface area contributed by atoms with E-state index in [4.69, 9.17) is 0 Å². The fraction of sp³-hybridized carbons (Fsp3) is 0.600. The lowest BCUT2D eigenvalue weighted by Crippen LogP contribution is -2.47. The maximum Gasteiger partial charge on any atom is 0.0378 e. The van der Waals surface area contributed by atoms with Gasteiger partial charge in [-0.1, -0.05) is 34.5 Å². The maximum atomic E-state index is 3.69. The Hall–Kier alpha value is -0.380. The molecule has 18 heavy (non-hydrogen) atoms. The van der Waals surface area contributed by atoms with E-state index in [9.17, 15) is 0 Å². The Kier molecular flexibility index (Phi) is 4.82. The number of nitrogens with one attached hydrogen (secondary N) is 2. The zero-order valence-electron chi connectivity index (χ0n) is 11.3. The first-order chi connectivity index (χ1) is 8.58. The molecule has 1 fully saturated rings. The Balaban J connectivity index is 1.91. The minimum Gasteiger partial charge on any atom is -0.313 e. The lowest BCUT2D eigenvalue weighted by Gasteiger charge is -2.31. The molecule has 0 bridgehead atoms. The molecular formula is C15H23BrN2. The number of rotatable bonds is 4. The van der Waals surface area contributed by atoms with Gasteiger partial charge >= 0.3 is 0 Å². The molecule has 0 aromatic heterocycles. The molecule has 1 aliphatic rings. The molecule has 0 spiro atoms. The molecule has 2 rings (SSSR count). The summed E-state index contributed by atoms with van der Waals surface area (Å²) < 4.78 is 1.14. The van der Waals surface area contributed by atoms with Gasteiger partial charge in [-0.2, -0.15) is 0 Å². The van der Waals surface area contributed by atoms with Crippen LogP contribution in [0.15, 0.2) is 28.7 Å². The van der Waals surface area contributed by atoms with Crippen molar-refractivity contribution in [2.45, 2.75) is 44.7 Å². The van der Waals surface area contributed by atoms with Gasteiger partial charge < -0.3 is 10.6 Å². The molecule has 1 heterocycles. The molecule has 1 unspecified atom stereocenters. The molecule has 0 amide bonds. The first-order valence-electron chi connectivity index (χ1n) is 6.82. The zero-order valence-corrected chi connectivity index (χ0v) is 12.9. The highest BCUT2D eigenvalue weighted by Gasteiger charge is 2.22. The quantitative estimate of drug-likeness (QED) is 0.890. The largest absolute Gasteiger partial charge is 0.313 e. The monoisotopic (exact) mass is 310 g/mol. The highest BCUT2D eigenvalue weighted by atomic mass is 79.9. The maximum absolute atomic E-state index is 3.69. The number of piperidine rings is 1. The summed E-state index contributed by atoms with van der Waals surface area (Å²) in [6.07, 6.45) is 3.98. The second kappa shape index (κ2) is 6.18. The predicted molar refractivity (Wildman–Crippen MR) is 80.8 cm³/mol. The van der Waals surface area contributed by atoms with Gasteiger partial charge in [0, 0.05) is 22.6 Å². The van der Waals surface area contributed by atoms with Gasteiger partial charge in [-0.25, -0.2) is 0 Å². The molecule has 0 aliphatic carbocycles. The van der Waals surface area contributed by atoms with E-state index in [1.54, 1.807) is 0 Å². The average Bonchev–Trinajstić information content (AvgIpc) is 2.38. The van der Waals surface area contributed by atoms with Crippen LogP contribution in [0.3, 0.4) is 0 Å². The lowest BCUT2D eigenvalue weighted by molar-refractivity contribution is 0.326. The van der Waals surface area contributed by atoms with Crippen molar-refractivity contribution in [2.75, 3.05) is 13.1 Å². The summed E-state index contributed by atoms with van der Waals surface area (Å²) in [5.41, 5.74) is 1.36. The van der Waals surface area contributed by atoms with Crippen LogP contribution in [0.5, 0.6) is 0 Å². The van der Waals surface area contributed by atoms with E-state index in [0.29, 0.717) is 6.04 Å². The summed E-state index contributed by atoms with van der Waals surface area (Å²) in [5.74, 6) is 0. The lowest BCUT2D eigenvalue weighted by atomic mass is 9.93. The third kappa shape index (κ3) is 3.81. The third-order valence-electron chi connectivity index (χ3n) is 3.77. The van der Waals surface area contributed by atoms with Gasteiger partial charge in [0.05, 0.1) is 0 Å². The van der Waals surface area contributed by atoms with Crippen LogP contribution in [0, 0.1) is 0 Å². The number of hydrogen-bond donors (Lipinski definition) is 2. The van der Waals surface area contributed by atoms with Gasteiger partial charge in [-0.15, -0.1) is 0 Å². The molecule has 1 aromatic carbocycles. The summed E-state index contributed by atoms with van der Waals surface area (Å²) in [6, 6.07) is 9.22. The fourth-order valence-corrected chi connectivity index (χ4v) is 2.71. The molecular weight excluding hydrogens is 288 g/mol. The number of hydrogen-bond acceptors (Lipinski definition) is 2. The van der Waals surface area contributed by atoms with Gasteiger partial charge in [0.25, 0.3) is 0 Å².